The van der Waals surface area contributed by atoms with E-state index in [-0.39, 0.29) is 0 Å². The lowest BCUT2D eigenvalue weighted by Crippen LogP contribution is -2.06. The highest BCUT2D eigenvalue weighted by atomic mass is 14.9. The minimum atomic E-state index is 0.986. The van der Waals surface area contributed by atoms with E-state index < -0.39 is 0 Å². The maximum atomic E-state index is 4.23. The fourth-order valence-corrected chi connectivity index (χ4v) is 0.612. The third kappa shape index (κ3) is 1.93. The van der Waals surface area contributed by atoms with E-state index in [0.717, 1.165) is 19.0 Å². The van der Waals surface area contributed by atoms with Crippen LogP contribution in [0, 0.1) is 5.92 Å². The molecule has 1 aliphatic rings. The van der Waals surface area contributed by atoms with Crippen molar-refractivity contribution in [2.24, 2.45) is 5.92 Å². The van der Waals surface area contributed by atoms with Crippen LogP contribution in [0.2, 0.25) is 0 Å². The average molecular weight is 98.2 g/mol. The van der Waals surface area contributed by atoms with Crippen molar-refractivity contribution < 1.29 is 0 Å². The van der Waals surface area contributed by atoms with Crippen LogP contribution in [-0.2, 0) is 0 Å². The molecule has 0 aromatic heterocycles. The summed E-state index contributed by atoms with van der Waals surface area (Å²) in [5, 5.41) is 4.23. The lowest BCUT2D eigenvalue weighted by Gasteiger charge is -1.90. The summed E-state index contributed by atoms with van der Waals surface area (Å²) in [6, 6.07) is 0. The van der Waals surface area contributed by atoms with E-state index in [0.29, 0.717) is 0 Å². The molecule has 7 heavy (non-hydrogen) atoms. The number of hydrogen-bond acceptors (Lipinski definition) is 0. The fourth-order valence-electron chi connectivity index (χ4n) is 0.612. The van der Waals surface area contributed by atoms with Crippen LogP contribution in [0.3, 0.4) is 0 Å². The van der Waals surface area contributed by atoms with Crippen LogP contribution in [0.25, 0.3) is 0 Å². The number of hydrogen-bond donors (Lipinski definition) is 0. The normalized spacial score (nSPS) is 20.1. The first-order valence-electron chi connectivity index (χ1n) is 3.06. The lowest BCUT2D eigenvalue weighted by atomic mass is 10.4. The summed E-state index contributed by atoms with van der Waals surface area (Å²) in [7, 11) is 0. The van der Waals surface area contributed by atoms with Crippen molar-refractivity contribution in [3.05, 3.63) is 0 Å². The summed E-state index contributed by atoms with van der Waals surface area (Å²) in [5.74, 6) is 0.986. The smallest absolute Gasteiger partial charge is 0.0161 e. The summed E-state index contributed by atoms with van der Waals surface area (Å²) in [5.41, 5.74) is 0. The fraction of sp³-hybridized carbons (Fsp3) is 1.00. The van der Waals surface area contributed by atoms with Crippen LogP contribution >= 0.6 is 0 Å². The zero-order chi connectivity index (χ0) is 5.11. The second kappa shape index (κ2) is 2.31. The number of nitrogens with zero attached hydrogens (tertiary/aromatic N) is 1. The van der Waals surface area contributed by atoms with Gasteiger partial charge in [-0.05, 0) is 18.8 Å². The molecule has 41 valence electrons. The quantitative estimate of drug-likeness (QED) is 0.500. The van der Waals surface area contributed by atoms with Gasteiger partial charge in [-0.1, -0.05) is 6.92 Å². The van der Waals surface area contributed by atoms with Gasteiger partial charge in [0.25, 0.3) is 0 Å². The highest BCUT2D eigenvalue weighted by Crippen LogP contribution is 2.27. The van der Waals surface area contributed by atoms with Gasteiger partial charge in [-0.15, -0.1) is 0 Å². The number of rotatable bonds is 3. The highest BCUT2D eigenvalue weighted by Gasteiger charge is 2.20. The molecule has 0 atom stereocenters. The SMILES string of the molecule is CC[N]CC1CC1. The summed E-state index contributed by atoms with van der Waals surface area (Å²) in [6.45, 7) is 4.25. The molecule has 0 N–H and O–H groups in total. The zero-order valence-electron chi connectivity index (χ0n) is 4.85. The van der Waals surface area contributed by atoms with Gasteiger partial charge in [-0.3, -0.25) is 0 Å². The summed E-state index contributed by atoms with van der Waals surface area (Å²) in [6.07, 6.45) is 2.87. The van der Waals surface area contributed by atoms with Crippen molar-refractivity contribution in [1.29, 1.82) is 0 Å². The Kier molecular flexibility index (Phi) is 1.69. The Morgan fingerprint density at radius 3 is 2.71 bits per heavy atom. The van der Waals surface area contributed by atoms with E-state index in [4.69, 9.17) is 0 Å². The van der Waals surface area contributed by atoms with Crippen LogP contribution in [0.15, 0.2) is 0 Å². The zero-order valence-corrected chi connectivity index (χ0v) is 4.85. The molecule has 0 bridgehead atoms. The molecule has 1 saturated carbocycles. The monoisotopic (exact) mass is 98.1 g/mol. The molecule has 0 heterocycles. The van der Waals surface area contributed by atoms with Crippen molar-refractivity contribution in [3.63, 3.8) is 0 Å². The topological polar surface area (TPSA) is 14.1 Å². The van der Waals surface area contributed by atoms with Gasteiger partial charge < -0.3 is 0 Å². The van der Waals surface area contributed by atoms with Crippen molar-refractivity contribution in [2.75, 3.05) is 13.1 Å². The standard InChI is InChI=1S/C6H12N/c1-2-7-5-6-3-4-6/h6H,2-5H2,1H3. The first-order valence-corrected chi connectivity index (χ1v) is 3.06. The maximum absolute atomic E-state index is 4.23. The van der Waals surface area contributed by atoms with Gasteiger partial charge in [0.1, 0.15) is 0 Å². The third-order valence-corrected chi connectivity index (χ3v) is 1.31. The molecule has 0 saturated heterocycles. The van der Waals surface area contributed by atoms with Gasteiger partial charge in [-0.2, -0.15) is 0 Å². The molecule has 0 aliphatic heterocycles. The Labute approximate surface area is 45.1 Å². The second-order valence-corrected chi connectivity index (χ2v) is 2.17. The molecule has 0 aromatic carbocycles. The minimum absolute atomic E-state index is 0.986. The molecule has 1 rings (SSSR count). The van der Waals surface area contributed by atoms with Crippen LogP contribution in [0.5, 0.6) is 0 Å². The maximum Gasteiger partial charge on any atom is 0.0161 e. The molecule has 0 amide bonds. The Morgan fingerprint density at radius 1 is 1.57 bits per heavy atom. The first kappa shape index (κ1) is 5.10. The molecule has 1 radical (unpaired) electrons. The molecular formula is C6H12N. The minimum Gasteiger partial charge on any atom is -0.242 e. The largest absolute Gasteiger partial charge is 0.242 e. The Hall–Kier alpha value is -0.0400. The molecule has 0 unspecified atom stereocenters. The molecule has 0 aromatic rings. The van der Waals surface area contributed by atoms with E-state index in [1.54, 1.807) is 0 Å². The molecule has 1 fully saturated rings. The molecular weight excluding hydrogens is 86.1 g/mol. The van der Waals surface area contributed by atoms with Gasteiger partial charge in [0.15, 0.2) is 0 Å². The van der Waals surface area contributed by atoms with Crippen LogP contribution in [-0.4, -0.2) is 13.1 Å². The van der Waals surface area contributed by atoms with Crippen LogP contribution < -0.4 is 5.32 Å². The van der Waals surface area contributed by atoms with Gasteiger partial charge in [0.2, 0.25) is 0 Å². The molecule has 1 heteroatoms. The van der Waals surface area contributed by atoms with Crippen LogP contribution in [0.4, 0.5) is 0 Å². The van der Waals surface area contributed by atoms with Gasteiger partial charge >= 0.3 is 0 Å². The first-order chi connectivity index (χ1) is 3.43. The second-order valence-electron chi connectivity index (χ2n) is 2.17. The van der Waals surface area contributed by atoms with Crippen molar-refractivity contribution in [1.82, 2.24) is 5.32 Å². The summed E-state index contributed by atoms with van der Waals surface area (Å²) >= 11 is 0. The van der Waals surface area contributed by atoms with E-state index in [1.165, 1.54) is 12.8 Å². The Morgan fingerprint density at radius 2 is 2.29 bits per heavy atom. The van der Waals surface area contributed by atoms with Crippen molar-refractivity contribution >= 4 is 0 Å². The molecule has 0 spiro atoms. The van der Waals surface area contributed by atoms with Crippen LogP contribution in [0.1, 0.15) is 19.8 Å². The van der Waals surface area contributed by atoms with Crippen molar-refractivity contribution in [3.8, 4) is 0 Å². The molecule has 1 nitrogen and oxygen atoms in total. The van der Waals surface area contributed by atoms with Gasteiger partial charge in [0, 0.05) is 13.1 Å². The third-order valence-electron chi connectivity index (χ3n) is 1.31. The van der Waals surface area contributed by atoms with E-state index in [9.17, 15) is 0 Å². The van der Waals surface area contributed by atoms with Gasteiger partial charge in [0.05, 0.1) is 0 Å². The Balaban J connectivity index is 1.80. The predicted octanol–water partition coefficient (Wildman–Crippen LogP) is 1.02. The predicted molar refractivity (Wildman–Crippen MR) is 30.3 cm³/mol. The van der Waals surface area contributed by atoms with E-state index in [2.05, 4.69) is 12.2 Å². The highest BCUT2D eigenvalue weighted by molar-refractivity contribution is 4.74. The van der Waals surface area contributed by atoms with E-state index >= 15 is 0 Å². The summed E-state index contributed by atoms with van der Waals surface area (Å²) < 4.78 is 0. The lowest BCUT2D eigenvalue weighted by molar-refractivity contribution is 0.649. The Bertz CT molecular complexity index is 48.1. The average Bonchev–Trinajstić information content (AvgIpc) is 2.42. The summed E-state index contributed by atoms with van der Waals surface area (Å²) in [4.78, 5) is 0. The van der Waals surface area contributed by atoms with Crippen molar-refractivity contribution in [2.45, 2.75) is 19.8 Å². The van der Waals surface area contributed by atoms with E-state index in [1.807, 2.05) is 0 Å². The van der Waals surface area contributed by atoms with Gasteiger partial charge in [-0.25, -0.2) is 5.32 Å². The molecule has 1 aliphatic carbocycles.